The van der Waals surface area contributed by atoms with Gasteiger partial charge in [-0.25, -0.2) is 4.79 Å². The number of amides is 2. The van der Waals surface area contributed by atoms with Gasteiger partial charge in [-0.15, -0.1) is 0 Å². The third-order valence-electron chi connectivity index (χ3n) is 6.06. The van der Waals surface area contributed by atoms with Crippen LogP contribution in [0.15, 0.2) is 0 Å². The number of carboxylic acids is 1. The number of rotatable bonds is 5. The first-order valence-electron chi connectivity index (χ1n) is 9.64. The maximum absolute atomic E-state index is 12.6. The molecule has 2 amide bonds. The number of urea groups is 1. The minimum absolute atomic E-state index is 0.0459. The summed E-state index contributed by atoms with van der Waals surface area (Å²) in [6, 6.07) is 0.765. The topological polar surface area (TPSA) is 72.9 Å². The molecule has 6 heteroatoms. The highest BCUT2D eigenvalue weighted by Crippen LogP contribution is 2.36. The number of hydrogen-bond donors (Lipinski definition) is 2. The van der Waals surface area contributed by atoms with Crippen LogP contribution >= 0.6 is 0 Å². The molecule has 0 bridgehead atoms. The number of hydrogen-bond acceptors (Lipinski definition) is 3. The Morgan fingerprint density at radius 2 is 1.88 bits per heavy atom. The van der Waals surface area contributed by atoms with Gasteiger partial charge in [-0.3, -0.25) is 9.69 Å². The smallest absolute Gasteiger partial charge is 0.317 e. The minimum atomic E-state index is -0.787. The van der Waals surface area contributed by atoms with E-state index in [0.29, 0.717) is 11.3 Å². The number of piperidine rings is 1. The van der Waals surface area contributed by atoms with Crippen molar-refractivity contribution in [3.8, 4) is 0 Å². The van der Waals surface area contributed by atoms with E-state index in [-0.39, 0.29) is 30.7 Å². The molecule has 1 saturated heterocycles. The molecule has 2 atom stereocenters. The number of carbonyl (C=O) groups is 2. The summed E-state index contributed by atoms with van der Waals surface area (Å²) in [6.45, 7) is 12.6. The van der Waals surface area contributed by atoms with Crippen molar-refractivity contribution >= 4 is 12.0 Å². The van der Waals surface area contributed by atoms with Gasteiger partial charge in [0.25, 0.3) is 0 Å². The number of carboxylic acid groups (broad SMARTS) is 1. The average Bonchev–Trinajstić information content (AvgIpc) is 2.47. The Kier molecular flexibility index (Phi) is 6.35. The third-order valence-corrected chi connectivity index (χ3v) is 6.06. The molecule has 144 valence electrons. The molecule has 1 aliphatic carbocycles. The lowest BCUT2D eigenvalue weighted by molar-refractivity contribution is -0.139. The molecular weight excluding hydrogens is 318 g/mol. The first-order valence-corrected chi connectivity index (χ1v) is 9.64. The van der Waals surface area contributed by atoms with Crippen LogP contribution in [-0.4, -0.2) is 64.7 Å². The van der Waals surface area contributed by atoms with E-state index < -0.39 is 5.97 Å². The van der Waals surface area contributed by atoms with Gasteiger partial charge in [0, 0.05) is 24.7 Å². The van der Waals surface area contributed by atoms with Gasteiger partial charge in [0.2, 0.25) is 0 Å². The lowest BCUT2D eigenvalue weighted by Crippen LogP contribution is -2.58. The van der Waals surface area contributed by atoms with Gasteiger partial charge in [-0.1, -0.05) is 27.7 Å². The maximum atomic E-state index is 12.6. The number of aliphatic carboxylic acids is 1. The van der Waals surface area contributed by atoms with E-state index in [1.54, 1.807) is 0 Å². The van der Waals surface area contributed by atoms with E-state index in [0.717, 1.165) is 38.8 Å². The molecule has 2 unspecified atom stereocenters. The molecular formula is C19H35N3O3. The summed E-state index contributed by atoms with van der Waals surface area (Å²) in [5.74, 6) is -0.126. The van der Waals surface area contributed by atoms with Crippen LogP contribution in [0.25, 0.3) is 0 Å². The monoisotopic (exact) mass is 353 g/mol. The van der Waals surface area contributed by atoms with Crippen molar-refractivity contribution in [2.24, 2.45) is 11.3 Å². The number of nitrogens with one attached hydrogen (secondary N) is 1. The van der Waals surface area contributed by atoms with Gasteiger partial charge < -0.3 is 15.3 Å². The van der Waals surface area contributed by atoms with E-state index in [2.05, 4.69) is 33.0 Å². The summed E-state index contributed by atoms with van der Waals surface area (Å²) in [7, 11) is 0. The fraction of sp³-hybridized carbons (Fsp3) is 0.895. The second-order valence-electron chi connectivity index (χ2n) is 8.86. The predicted octanol–water partition coefficient (Wildman–Crippen LogP) is 2.78. The van der Waals surface area contributed by atoms with Crippen molar-refractivity contribution in [1.82, 2.24) is 15.1 Å². The SMILES string of the molecule is CCN(CC(=O)O)C1CC(NC(=O)N2CCC(C(C)(C)C)CC2C)C1. The lowest BCUT2D eigenvalue weighted by atomic mass is 9.73. The fourth-order valence-corrected chi connectivity index (χ4v) is 4.19. The Bertz CT molecular complexity index is 483. The lowest BCUT2D eigenvalue weighted by Gasteiger charge is -2.45. The molecule has 1 heterocycles. The second-order valence-corrected chi connectivity index (χ2v) is 8.86. The number of nitrogens with zero attached hydrogens (tertiary/aromatic N) is 2. The number of likely N-dealkylation sites (N-methyl/N-ethyl adjacent to an activating group) is 1. The van der Waals surface area contributed by atoms with E-state index in [4.69, 9.17) is 5.11 Å². The van der Waals surface area contributed by atoms with Crippen molar-refractivity contribution in [2.75, 3.05) is 19.6 Å². The number of likely N-dealkylation sites (tertiary alicyclic amines) is 1. The first kappa shape index (κ1) is 20.0. The van der Waals surface area contributed by atoms with Gasteiger partial charge in [0.1, 0.15) is 0 Å². The molecule has 0 aromatic carbocycles. The van der Waals surface area contributed by atoms with Gasteiger partial charge in [-0.2, -0.15) is 0 Å². The third kappa shape index (κ3) is 5.09. The highest BCUT2D eigenvalue weighted by Gasteiger charge is 2.38. The summed E-state index contributed by atoms with van der Waals surface area (Å²) in [5, 5.41) is 12.1. The molecule has 0 aromatic heterocycles. The van der Waals surface area contributed by atoms with Crippen molar-refractivity contribution in [3.63, 3.8) is 0 Å². The van der Waals surface area contributed by atoms with Gasteiger partial charge in [-0.05, 0) is 50.5 Å². The van der Waals surface area contributed by atoms with Crippen LogP contribution in [0.1, 0.15) is 60.3 Å². The normalized spacial score (nSPS) is 30.1. The summed E-state index contributed by atoms with van der Waals surface area (Å²) >= 11 is 0. The maximum Gasteiger partial charge on any atom is 0.317 e. The molecule has 0 radical (unpaired) electrons. The minimum Gasteiger partial charge on any atom is -0.480 e. The van der Waals surface area contributed by atoms with Crippen LogP contribution in [0, 0.1) is 11.3 Å². The Hall–Kier alpha value is -1.30. The van der Waals surface area contributed by atoms with Crippen LogP contribution in [0.5, 0.6) is 0 Å². The van der Waals surface area contributed by atoms with Gasteiger partial charge in [0.15, 0.2) is 0 Å². The Morgan fingerprint density at radius 1 is 1.24 bits per heavy atom. The highest BCUT2D eigenvalue weighted by molar-refractivity contribution is 5.75. The molecule has 2 fully saturated rings. The zero-order valence-corrected chi connectivity index (χ0v) is 16.4. The van der Waals surface area contributed by atoms with Crippen molar-refractivity contribution in [1.29, 1.82) is 0 Å². The zero-order chi connectivity index (χ0) is 18.8. The number of carbonyl (C=O) groups excluding carboxylic acids is 1. The van der Waals surface area contributed by atoms with Crippen molar-refractivity contribution < 1.29 is 14.7 Å². The van der Waals surface area contributed by atoms with Crippen LogP contribution in [0.4, 0.5) is 4.79 Å². The Labute approximate surface area is 151 Å². The quantitative estimate of drug-likeness (QED) is 0.797. The summed E-state index contributed by atoms with van der Waals surface area (Å²) in [6.07, 6.45) is 3.82. The molecule has 0 aromatic rings. The summed E-state index contributed by atoms with van der Waals surface area (Å²) < 4.78 is 0. The van der Waals surface area contributed by atoms with Crippen molar-refractivity contribution in [2.45, 2.75) is 78.4 Å². The standard InChI is InChI=1S/C19H35N3O3/c1-6-21(12-17(23)24)16-10-15(11-16)20-18(25)22-8-7-14(9-13(22)2)19(3,4)5/h13-16H,6-12H2,1-5H3,(H,20,25)(H,23,24). The van der Waals surface area contributed by atoms with E-state index >= 15 is 0 Å². The second kappa shape index (κ2) is 7.94. The Morgan fingerprint density at radius 3 is 2.36 bits per heavy atom. The van der Waals surface area contributed by atoms with Gasteiger partial charge >= 0.3 is 12.0 Å². The van der Waals surface area contributed by atoms with Crippen molar-refractivity contribution in [3.05, 3.63) is 0 Å². The van der Waals surface area contributed by atoms with Crippen LogP contribution in [0.2, 0.25) is 0 Å². The first-order chi connectivity index (χ1) is 11.6. The van der Waals surface area contributed by atoms with Gasteiger partial charge in [0.05, 0.1) is 6.54 Å². The molecule has 6 nitrogen and oxygen atoms in total. The molecule has 1 aliphatic heterocycles. The molecule has 1 saturated carbocycles. The zero-order valence-electron chi connectivity index (χ0n) is 16.4. The van der Waals surface area contributed by atoms with E-state index in [1.165, 1.54) is 0 Å². The van der Waals surface area contributed by atoms with Crippen LogP contribution in [0.3, 0.4) is 0 Å². The molecule has 0 spiro atoms. The Balaban J connectivity index is 1.78. The predicted molar refractivity (Wildman–Crippen MR) is 98.6 cm³/mol. The molecule has 25 heavy (non-hydrogen) atoms. The van der Waals surface area contributed by atoms with E-state index in [1.807, 2.05) is 16.7 Å². The van der Waals surface area contributed by atoms with Crippen LogP contribution in [-0.2, 0) is 4.79 Å². The fourth-order valence-electron chi connectivity index (χ4n) is 4.19. The summed E-state index contributed by atoms with van der Waals surface area (Å²) in [4.78, 5) is 27.4. The summed E-state index contributed by atoms with van der Waals surface area (Å²) in [5.41, 5.74) is 0.297. The average molecular weight is 354 g/mol. The molecule has 2 N–H and O–H groups in total. The highest BCUT2D eigenvalue weighted by atomic mass is 16.4. The molecule has 2 rings (SSSR count). The van der Waals surface area contributed by atoms with E-state index in [9.17, 15) is 9.59 Å². The largest absolute Gasteiger partial charge is 0.480 e. The molecule has 2 aliphatic rings. The van der Waals surface area contributed by atoms with Crippen LogP contribution < -0.4 is 5.32 Å².